The number of thiazole rings is 1. The zero-order valence-corrected chi connectivity index (χ0v) is 14.3. The Morgan fingerprint density at radius 1 is 0.826 bits per heavy atom. The van der Waals surface area contributed by atoms with Gasteiger partial charge in [0.1, 0.15) is 10.3 Å². The number of rotatable bonds is 2. The molecule has 5 heteroatoms. The molecule has 3 heterocycles. The van der Waals surface area contributed by atoms with Crippen molar-refractivity contribution in [3.63, 3.8) is 0 Å². The lowest BCUT2D eigenvalue weighted by Gasteiger charge is -1.99. The summed E-state index contributed by atoms with van der Waals surface area (Å²) in [5, 5.41) is 2.66. The zero-order chi connectivity index (χ0) is 15.2. The van der Waals surface area contributed by atoms with E-state index in [-0.39, 0.29) is 0 Å². The number of pyridine rings is 1. The van der Waals surface area contributed by atoms with Crippen molar-refractivity contribution in [3.8, 4) is 0 Å². The third-order valence-corrected chi connectivity index (χ3v) is 7.16. The van der Waals surface area contributed by atoms with Crippen molar-refractivity contribution in [3.05, 3.63) is 60.8 Å². The minimum absolute atomic E-state index is 0.975. The molecule has 0 radical (unpaired) electrons. The molecule has 0 fully saturated rings. The summed E-state index contributed by atoms with van der Waals surface area (Å²) in [6.07, 6.45) is 1.82. The largest absolute Gasteiger partial charge is 0.244 e. The topological polar surface area (TPSA) is 25.8 Å². The van der Waals surface area contributed by atoms with Crippen molar-refractivity contribution >= 4 is 65.0 Å². The van der Waals surface area contributed by atoms with Gasteiger partial charge in [-0.1, -0.05) is 53.4 Å². The molecule has 0 aliphatic rings. The van der Waals surface area contributed by atoms with E-state index < -0.39 is 0 Å². The third kappa shape index (κ3) is 2.24. The van der Waals surface area contributed by atoms with Crippen molar-refractivity contribution in [2.24, 2.45) is 0 Å². The summed E-state index contributed by atoms with van der Waals surface area (Å²) < 4.78 is 3.72. The third-order valence-electron chi connectivity index (χ3n) is 3.71. The maximum Gasteiger partial charge on any atom is 0.157 e. The van der Waals surface area contributed by atoms with E-state index in [0.29, 0.717) is 0 Å². The Kier molecular flexibility index (Phi) is 3.11. The van der Waals surface area contributed by atoms with Gasteiger partial charge in [-0.05, 0) is 24.3 Å². The first-order chi connectivity index (χ1) is 11.4. The summed E-state index contributed by atoms with van der Waals surface area (Å²) in [5.74, 6) is 0. The van der Waals surface area contributed by atoms with Crippen LogP contribution in [0.25, 0.3) is 30.5 Å². The molecule has 23 heavy (non-hydrogen) atoms. The molecule has 0 amide bonds. The second-order valence-electron chi connectivity index (χ2n) is 5.14. The van der Waals surface area contributed by atoms with Gasteiger partial charge in [0.25, 0.3) is 0 Å². The molecule has 0 saturated heterocycles. The standard InChI is InChI=1S/C18H10N2S3/c1-2-8-14-11(5-1)12-6-3-9-15(16(12)21-14)22-18-20-13-7-4-10-19-17(13)23-18/h1-10H. The second-order valence-corrected chi connectivity index (χ2v) is 8.46. The quantitative estimate of drug-likeness (QED) is 0.378. The Labute approximate surface area is 144 Å². The molecule has 0 bridgehead atoms. The molecule has 0 N–H and O–H groups in total. The van der Waals surface area contributed by atoms with Gasteiger partial charge in [0.15, 0.2) is 4.34 Å². The summed E-state index contributed by atoms with van der Waals surface area (Å²) in [5.41, 5.74) is 0.975. The van der Waals surface area contributed by atoms with E-state index in [1.54, 1.807) is 23.1 Å². The highest BCUT2D eigenvalue weighted by Crippen LogP contribution is 2.42. The Bertz CT molecular complexity index is 1120. The van der Waals surface area contributed by atoms with Crippen LogP contribution >= 0.6 is 34.4 Å². The predicted molar refractivity (Wildman–Crippen MR) is 101 cm³/mol. The van der Waals surface area contributed by atoms with Crippen LogP contribution in [-0.4, -0.2) is 9.97 Å². The molecule has 0 spiro atoms. The number of nitrogens with zero attached hydrogens (tertiary/aromatic N) is 2. The van der Waals surface area contributed by atoms with Gasteiger partial charge < -0.3 is 0 Å². The smallest absolute Gasteiger partial charge is 0.157 e. The minimum Gasteiger partial charge on any atom is -0.244 e. The van der Waals surface area contributed by atoms with Gasteiger partial charge in [-0.3, -0.25) is 0 Å². The minimum atomic E-state index is 0.975. The summed E-state index contributed by atoms with van der Waals surface area (Å²) in [6.45, 7) is 0. The number of thiophene rings is 1. The molecule has 0 aliphatic carbocycles. The van der Waals surface area contributed by atoms with Gasteiger partial charge in [0, 0.05) is 31.3 Å². The van der Waals surface area contributed by atoms with Gasteiger partial charge in [-0.25, -0.2) is 9.97 Å². The fourth-order valence-corrected chi connectivity index (χ4v) is 6.05. The molecule has 2 nitrogen and oxygen atoms in total. The van der Waals surface area contributed by atoms with Gasteiger partial charge in [0.05, 0.1) is 0 Å². The molecule has 0 saturated carbocycles. The highest BCUT2D eigenvalue weighted by atomic mass is 32.2. The van der Waals surface area contributed by atoms with Crippen molar-refractivity contribution in [2.75, 3.05) is 0 Å². The van der Waals surface area contributed by atoms with Crippen LogP contribution < -0.4 is 0 Å². The van der Waals surface area contributed by atoms with Crippen LogP contribution in [0.3, 0.4) is 0 Å². The van der Waals surface area contributed by atoms with E-state index in [0.717, 1.165) is 14.7 Å². The summed E-state index contributed by atoms with van der Waals surface area (Å²) in [6, 6.07) is 19.1. The van der Waals surface area contributed by atoms with Crippen LogP contribution in [0.5, 0.6) is 0 Å². The first-order valence-electron chi connectivity index (χ1n) is 7.18. The molecule has 0 unspecified atom stereocenters. The number of hydrogen-bond acceptors (Lipinski definition) is 5. The van der Waals surface area contributed by atoms with Crippen LogP contribution in [0.1, 0.15) is 0 Å². The lowest BCUT2D eigenvalue weighted by Crippen LogP contribution is -1.73. The average Bonchev–Trinajstić information content (AvgIpc) is 3.16. The number of hydrogen-bond donors (Lipinski definition) is 0. The van der Waals surface area contributed by atoms with Crippen LogP contribution in [0.2, 0.25) is 0 Å². The van der Waals surface area contributed by atoms with Crippen LogP contribution in [-0.2, 0) is 0 Å². The van der Waals surface area contributed by atoms with E-state index in [4.69, 9.17) is 4.98 Å². The molecule has 110 valence electrons. The van der Waals surface area contributed by atoms with Crippen molar-refractivity contribution in [1.29, 1.82) is 0 Å². The van der Waals surface area contributed by atoms with Crippen LogP contribution in [0.15, 0.2) is 70.0 Å². The first-order valence-corrected chi connectivity index (χ1v) is 9.63. The molecule has 3 aromatic heterocycles. The first kappa shape index (κ1) is 13.5. The van der Waals surface area contributed by atoms with Crippen molar-refractivity contribution in [2.45, 2.75) is 9.24 Å². The molecule has 5 rings (SSSR count). The Morgan fingerprint density at radius 3 is 2.70 bits per heavy atom. The predicted octanol–water partition coefficient (Wildman–Crippen LogP) is 6.21. The van der Waals surface area contributed by atoms with E-state index in [1.807, 2.05) is 29.7 Å². The molecule has 5 aromatic rings. The highest BCUT2D eigenvalue weighted by molar-refractivity contribution is 8.01. The lowest BCUT2D eigenvalue weighted by molar-refractivity contribution is 1.29. The summed E-state index contributed by atoms with van der Waals surface area (Å²) in [4.78, 5) is 11.3. The normalized spacial score (nSPS) is 11.7. The van der Waals surface area contributed by atoms with Crippen LogP contribution in [0, 0.1) is 0 Å². The van der Waals surface area contributed by atoms with E-state index >= 15 is 0 Å². The fourth-order valence-electron chi connectivity index (χ4n) is 2.69. The summed E-state index contributed by atoms with van der Waals surface area (Å²) >= 11 is 5.24. The van der Waals surface area contributed by atoms with Gasteiger partial charge in [-0.2, -0.15) is 0 Å². The number of benzene rings is 2. The lowest BCUT2D eigenvalue weighted by atomic mass is 10.1. The second kappa shape index (κ2) is 5.30. The van der Waals surface area contributed by atoms with E-state index in [9.17, 15) is 0 Å². The Hall–Kier alpha value is -1.95. The zero-order valence-electron chi connectivity index (χ0n) is 11.9. The van der Waals surface area contributed by atoms with Crippen molar-refractivity contribution in [1.82, 2.24) is 9.97 Å². The number of fused-ring (bicyclic) bond motifs is 4. The monoisotopic (exact) mass is 350 g/mol. The van der Waals surface area contributed by atoms with Gasteiger partial charge in [0.2, 0.25) is 0 Å². The fraction of sp³-hybridized carbons (Fsp3) is 0. The highest BCUT2D eigenvalue weighted by Gasteiger charge is 2.12. The number of aromatic nitrogens is 2. The SMILES string of the molecule is c1cnc2sc(Sc3cccc4c3sc3ccccc34)nc2c1. The van der Waals surface area contributed by atoms with E-state index in [2.05, 4.69) is 47.4 Å². The summed E-state index contributed by atoms with van der Waals surface area (Å²) in [7, 11) is 0. The Balaban J connectivity index is 1.67. The van der Waals surface area contributed by atoms with E-state index in [1.165, 1.54) is 25.1 Å². The van der Waals surface area contributed by atoms with Gasteiger partial charge >= 0.3 is 0 Å². The molecule has 2 aromatic carbocycles. The van der Waals surface area contributed by atoms with Gasteiger partial charge in [-0.15, -0.1) is 11.3 Å². The molecular formula is C18H10N2S3. The molecular weight excluding hydrogens is 340 g/mol. The Morgan fingerprint density at radius 2 is 1.74 bits per heavy atom. The maximum absolute atomic E-state index is 4.69. The molecule has 0 aliphatic heterocycles. The maximum atomic E-state index is 4.69. The molecule has 0 atom stereocenters. The van der Waals surface area contributed by atoms with Crippen molar-refractivity contribution < 1.29 is 0 Å². The average molecular weight is 350 g/mol. The van der Waals surface area contributed by atoms with Crippen LogP contribution in [0.4, 0.5) is 0 Å².